The van der Waals surface area contributed by atoms with Crippen molar-refractivity contribution in [3.63, 3.8) is 0 Å². The zero-order valence-corrected chi connectivity index (χ0v) is 16.6. The summed E-state index contributed by atoms with van der Waals surface area (Å²) in [5, 5.41) is 5.68. The lowest BCUT2D eigenvalue weighted by Crippen LogP contribution is -2.30. The van der Waals surface area contributed by atoms with E-state index in [9.17, 15) is 4.79 Å². The van der Waals surface area contributed by atoms with Gasteiger partial charge < -0.3 is 14.5 Å². The lowest BCUT2D eigenvalue weighted by atomic mass is 10.1. The molecule has 0 fully saturated rings. The van der Waals surface area contributed by atoms with E-state index in [1.807, 2.05) is 68.4 Å². The molecule has 1 atom stereocenters. The van der Waals surface area contributed by atoms with Crippen LogP contribution >= 0.6 is 11.6 Å². The summed E-state index contributed by atoms with van der Waals surface area (Å²) in [7, 11) is 0. The number of carbonyl (C=O) groups is 1. The van der Waals surface area contributed by atoms with Gasteiger partial charge in [0.2, 0.25) is 0 Å². The summed E-state index contributed by atoms with van der Waals surface area (Å²) in [4.78, 5) is 12.6. The highest BCUT2D eigenvalue weighted by atomic mass is 35.5. The van der Waals surface area contributed by atoms with Gasteiger partial charge >= 0.3 is 0 Å². The number of amides is 1. The Labute approximate surface area is 168 Å². The number of aryl methyl sites for hydroxylation is 2. The fraction of sp³-hybridized carbons (Fsp3) is 0.174. The van der Waals surface area contributed by atoms with Crippen LogP contribution in [0.25, 0.3) is 21.9 Å². The van der Waals surface area contributed by atoms with E-state index in [0.29, 0.717) is 16.5 Å². The van der Waals surface area contributed by atoms with Crippen LogP contribution < -0.4 is 10.1 Å². The number of furan rings is 1. The predicted molar refractivity (Wildman–Crippen MR) is 113 cm³/mol. The fourth-order valence-corrected chi connectivity index (χ4v) is 3.39. The van der Waals surface area contributed by atoms with E-state index < -0.39 is 6.10 Å². The van der Waals surface area contributed by atoms with Gasteiger partial charge in [-0.1, -0.05) is 29.8 Å². The van der Waals surface area contributed by atoms with E-state index in [1.165, 1.54) is 0 Å². The van der Waals surface area contributed by atoms with Gasteiger partial charge in [-0.05, 0) is 62.2 Å². The van der Waals surface area contributed by atoms with Crippen molar-refractivity contribution in [1.29, 1.82) is 0 Å². The number of nitrogens with one attached hydrogen (secondary N) is 1. The number of anilines is 1. The van der Waals surface area contributed by atoms with Crippen LogP contribution in [0.4, 0.5) is 5.69 Å². The molecule has 4 nitrogen and oxygen atoms in total. The SMILES string of the molecule is Cc1cc(OC(C)C(=O)Nc2ccc3c(c2)oc2ccccc23)cc(C)c1Cl. The third-order valence-electron chi connectivity index (χ3n) is 4.74. The first-order chi connectivity index (χ1) is 13.4. The molecule has 28 heavy (non-hydrogen) atoms. The van der Waals surface area contributed by atoms with Crippen molar-refractivity contribution in [3.05, 3.63) is 70.7 Å². The summed E-state index contributed by atoms with van der Waals surface area (Å²) in [6.07, 6.45) is -0.661. The highest BCUT2D eigenvalue weighted by Crippen LogP contribution is 2.30. The summed E-state index contributed by atoms with van der Waals surface area (Å²) in [6, 6.07) is 17.2. The predicted octanol–water partition coefficient (Wildman–Crippen LogP) is 6.26. The minimum absolute atomic E-state index is 0.235. The van der Waals surface area contributed by atoms with Crippen LogP contribution in [0.5, 0.6) is 5.75 Å². The minimum Gasteiger partial charge on any atom is -0.481 e. The van der Waals surface area contributed by atoms with Crippen LogP contribution in [0.15, 0.2) is 59.0 Å². The van der Waals surface area contributed by atoms with Crippen molar-refractivity contribution in [2.24, 2.45) is 0 Å². The average Bonchev–Trinajstić information content (AvgIpc) is 3.03. The van der Waals surface area contributed by atoms with Crippen molar-refractivity contribution in [3.8, 4) is 5.75 Å². The molecule has 1 aromatic heterocycles. The van der Waals surface area contributed by atoms with Gasteiger partial charge in [0, 0.05) is 27.5 Å². The molecular formula is C23H20ClNO3. The highest BCUT2D eigenvalue weighted by Gasteiger charge is 2.17. The number of ether oxygens (including phenoxy) is 1. The molecule has 0 aliphatic heterocycles. The second-order valence-corrected chi connectivity index (χ2v) is 7.31. The number of fused-ring (bicyclic) bond motifs is 3. The Morgan fingerprint density at radius 2 is 1.68 bits per heavy atom. The third-order valence-corrected chi connectivity index (χ3v) is 5.33. The van der Waals surface area contributed by atoms with Crippen LogP contribution in [-0.2, 0) is 4.79 Å². The number of hydrogen-bond acceptors (Lipinski definition) is 3. The van der Waals surface area contributed by atoms with Crippen molar-refractivity contribution < 1.29 is 13.9 Å². The fourth-order valence-electron chi connectivity index (χ4n) is 3.28. The molecule has 0 saturated heterocycles. The zero-order chi connectivity index (χ0) is 19.8. The van der Waals surface area contributed by atoms with Gasteiger partial charge in [-0.2, -0.15) is 0 Å². The maximum absolute atomic E-state index is 12.6. The summed E-state index contributed by atoms with van der Waals surface area (Å²) < 4.78 is 11.7. The maximum atomic E-state index is 12.6. The van der Waals surface area contributed by atoms with Crippen molar-refractivity contribution >= 4 is 45.1 Å². The van der Waals surface area contributed by atoms with Gasteiger partial charge in [0.1, 0.15) is 16.9 Å². The summed E-state index contributed by atoms with van der Waals surface area (Å²) in [5.41, 5.74) is 4.05. The molecule has 1 heterocycles. The van der Waals surface area contributed by atoms with Gasteiger partial charge in [0.05, 0.1) is 0 Å². The number of halogens is 1. The summed E-state index contributed by atoms with van der Waals surface area (Å²) >= 11 is 6.19. The topological polar surface area (TPSA) is 51.5 Å². The van der Waals surface area contributed by atoms with Crippen LogP contribution in [0.2, 0.25) is 5.02 Å². The molecule has 0 bridgehead atoms. The molecule has 4 aromatic rings. The van der Waals surface area contributed by atoms with Crippen molar-refractivity contribution in [2.75, 3.05) is 5.32 Å². The summed E-state index contributed by atoms with van der Waals surface area (Å²) in [5.74, 6) is 0.385. The smallest absolute Gasteiger partial charge is 0.265 e. The highest BCUT2D eigenvalue weighted by molar-refractivity contribution is 6.32. The van der Waals surface area contributed by atoms with Crippen LogP contribution in [0.3, 0.4) is 0 Å². The quantitative estimate of drug-likeness (QED) is 0.445. The molecule has 4 rings (SSSR count). The molecule has 0 aliphatic rings. The van der Waals surface area contributed by atoms with Crippen molar-refractivity contribution in [2.45, 2.75) is 26.9 Å². The van der Waals surface area contributed by atoms with E-state index >= 15 is 0 Å². The van der Waals surface area contributed by atoms with Crippen LogP contribution in [-0.4, -0.2) is 12.0 Å². The molecule has 142 valence electrons. The largest absolute Gasteiger partial charge is 0.481 e. The van der Waals surface area contributed by atoms with Gasteiger partial charge in [0.15, 0.2) is 6.10 Å². The number of para-hydroxylation sites is 1. The molecule has 1 N–H and O–H groups in total. The van der Waals surface area contributed by atoms with Gasteiger partial charge in [-0.3, -0.25) is 4.79 Å². The molecule has 3 aromatic carbocycles. The number of carbonyl (C=O) groups excluding carboxylic acids is 1. The maximum Gasteiger partial charge on any atom is 0.265 e. The number of hydrogen-bond donors (Lipinski definition) is 1. The Balaban J connectivity index is 1.51. The second kappa shape index (κ2) is 7.21. The van der Waals surface area contributed by atoms with Crippen LogP contribution in [0, 0.1) is 13.8 Å². The lowest BCUT2D eigenvalue weighted by molar-refractivity contribution is -0.122. The first-order valence-electron chi connectivity index (χ1n) is 9.08. The van der Waals surface area contributed by atoms with Gasteiger partial charge in [-0.25, -0.2) is 0 Å². The van der Waals surface area contributed by atoms with E-state index in [1.54, 1.807) is 6.92 Å². The van der Waals surface area contributed by atoms with Crippen molar-refractivity contribution in [1.82, 2.24) is 0 Å². The Hall–Kier alpha value is -2.98. The monoisotopic (exact) mass is 393 g/mol. The first-order valence-corrected chi connectivity index (χ1v) is 9.46. The molecule has 1 amide bonds. The van der Waals surface area contributed by atoms with E-state index in [-0.39, 0.29) is 5.91 Å². The van der Waals surface area contributed by atoms with E-state index in [0.717, 1.165) is 33.1 Å². The van der Waals surface area contributed by atoms with Crippen LogP contribution in [0.1, 0.15) is 18.1 Å². The Morgan fingerprint density at radius 1 is 1.00 bits per heavy atom. The molecule has 0 aliphatic carbocycles. The molecule has 5 heteroatoms. The summed E-state index contributed by atoms with van der Waals surface area (Å²) in [6.45, 7) is 5.54. The number of rotatable bonds is 4. The molecule has 0 saturated carbocycles. The third kappa shape index (κ3) is 3.43. The standard InChI is InChI=1S/C23H20ClNO3/c1-13-10-17(11-14(2)22(13)24)27-15(3)23(26)25-16-8-9-19-18-6-4-5-7-20(18)28-21(19)12-16/h4-12,15H,1-3H3,(H,25,26). The second-order valence-electron chi connectivity index (χ2n) is 6.93. The molecule has 0 spiro atoms. The lowest BCUT2D eigenvalue weighted by Gasteiger charge is -2.16. The molecular weight excluding hydrogens is 374 g/mol. The Morgan fingerprint density at radius 3 is 2.43 bits per heavy atom. The van der Waals surface area contributed by atoms with Gasteiger partial charge in [0.25, 0.3) is 5.91 Å². The molecule has 1 unspecified atom stereocenters. The number of benzene rings is 3. The minimum atomic E-state index is -0.661. The zero-order valence-electron chi connectivity index (χ0n) is 15.9. The van der Waals surface area contributed by atoms with E-state index in [2.05, 4.69) is 5.32 Å². The normalized spacial score (nSPS) is 12.3. The molecule has 0 radical (unpaired) electrons. The Kier molecular flexibility index (Phi) is 4.73. The Bertz CT molecular complexity index is 1170. The average molecular weight is 394 g/mol. The van der Waals surface area contributed by atoms with E-state index in [4.69, 9.17) is 20.8 Å². The first kappa shape index (κ1) is 18.4. The van der Waals surface area contributed by atoms with Gasteiger partial charge in [-0.15, -0.1) is 0 Å².